The number of nitrogens with one attached hydrogen (secondary N) is 2. The largest absolute Gasteiger partial charge is 0.459 e. The van der Waals surface area contributed by atoms with Crippen LogP contribution in [0.2, 0.25) is 0 Å². The number of amides is 1. The molecule has 3 heterocycles. The second kappa shape index (κ2) is 9.14. The Kier molecular flexibility index (Phi) is 6.13. The molecule has 3 aromatic heterocycles. The molecule has 0 radical (unpaired) electrons. The molecule has 1 aromatic carbocycles. The zero-order valence-electron chi connectivity index (χ0n) is 17.2. The summed E-state index contributed by atoms with van der Waals surface area (Å²) in [6.07, 6.45) is 2.27. The second-order valence-electron chi connectivity index (χ2n) is 7.08. The maximum Gasteiger partial charge on any atom is 0.291 e. The maximum absolute atomic E-state index is 14.1. The molecule has 2 N–H and O–H groups in total. The van der Waals surface area contributed by atoms with Crippen molar-refractivity contribution in [2.24, 2.45) is 0 Å². The topological polar surface area (TPSA) is 67.2 Å². The van der Waals surface area contributed by atoms with Gasteiger partial charge in [0.2, 0.25) is 0 Å². The van der Waals surface area contributed by atoms with E-state index in [0.717, 1.165) is 28.1 Å². The van der Waals surface area contributed by atoms with E-state index in [1.165, 1.54) is 29.7 Å². The summed E-state index contributed by atoms with van der Waals surface area (Å²) in [7, 11) is 0. The van der Waals surface area contributed by atoms with E-state index in [9.17, 15) is 9.18 Å². The van der Waals surface area contributed by atoms with Crippen LogP contribution in [0.25, 0.3) is 0 Å². The van der Waals surface area contributed by atoms with Crippen molar-refractivity contribution in [1.29, 1.82) is 0 Å². The molecule has 4 aromatic rings. The van der Waals surface area contributed by atoms with E-state index in [4.69, 9.17) is 4.42 Å². The quantitative estimate of drug-likeness (QED) is 0.363. The minimum absolute atomic E-state index is 0.230. The fraction of sp³-hybridized carbons (Fsp3) is 0.167. The number of benzene rings is 1. The van der Waals surface area contributed by atoms with Gasteiger partial charge in [0.15, 0.2) is 5.76 Å². The Morgan fingerprint density at radius 1 is 1.16 bits per heavy atom. The molecule has 7 heteroatoms. The average molecular weight is 436 g/mol. The van der Waals surface area contributed by atoms with Crippen LogP contribution < -0.4 is 10.6 Å². The lowest BCUT2D eigenvalue weighted by Crippen LogP contribution is -2.17. The summed E-state index contributed by atoms with van der Waals surface area (Å²) >= 11 is 1.50. The van der Waals surface area contributed by atoms with Crippen molar-refractivity contribution in [2.75, 3.05) is 10.6 Å². The van der Waals surface area contributed by atoms with E-state index < -0.39 is 6.04 Å². The van der Waals surface area contributed by atoms with Gasteiger partial charge in [-0.3, -0.25) is 4.79 Å². The molecule has 0 spiro atoms. The lowest BCUT2D eigenvalue weighted by molar-refractivity contribution is 0.0997. The molecule has 0 aliphatic heterocycles. The van der Waals surface area contributed by atoms with Gasteiger partial charge < -0.3 is 15.1 Å². The smallest absolute Gasteiger partial charge is 0.291 e. The molecular formula is C24H22FN3O2S. The van der Waals surface area contributed by atoms with Gasteiger partial charge in [-0.15, -0.1) is 11.3 Å². The SMILES string of the molecule is CCc1cc([C@H](Nc2cccc(C)n2)c2cccc(F)c2)c(NC(=O)c2ccco2)s1. The number of furan rings is 1. The maximum atomic E-state index is 14.1. The van der Waals surface area contributed by atoms with Gasteiger partial charge >= 0.3 is 0 Å². The molecule has 0 aliphatic carbocycles. The number of aryl methyl sites for hydroxylation is 2. The van der Waals surface area contributed by atoms with Crippen molar-refractivity contribution < 1.29 is 13.6 Å². The third-order valence-electron chi connectivity index (χ3n) is 4.81. The van der Waals surface area contributed by atoms with Crippen LogP contribution in [0.1, 0.15) is 45.2 Å². The molecule has 0 bridgehead atoms. The first kappa shape index (κ1) is 20.8. The van der Waals surface area contributed by atoms with Gasteiger partial charge in [-0.25, -0.2) is 9.37 Å². The van der Waals surface area contributed by atoms with E-state index in [0.29, 0.717) is 10.8 Å². The van der Waals surface area contributed by atoms with E-state index in [-0.39, 0.29) is 17.5 Å². The summed E-state index contributed by atoms with van der Waals surface area (Å²) in [5.41, 5.74) is 2.45. The number of pyridine rings is 1. The molecule has 0 fully saturated rings. The second-order valence-corrected chi connectivity index (χ2v) is 8.22. The molecule has 0 saturated heterocycles. The lowest BCUT2D eigenvalue weighted by atomic mass is 9.99. The summed E-state index contributed by atoms with van der Waals surface area (Å²) in [6.45, 7) is 3.97. The average Bonchev–Trinajstić information content (AvgIpc) is 3.42. The number of aromatic nitrogens is 1. The summed E-state index contributed by atoms with van der Waals surface area (Å²) in [6, 6.07) is 17.1. The van der Waals surface area contributed by atoms with Crippen LogP contribution in [0.5, 0.6) is 0 Å². The summed E-state index contributed by atoms with van der Waals surface area (Å²) in [5, 5.41) is 7.07. The van der Waals surface area contributed by atoms with Crippen LogP contribution in [0.3, 0.4) is 0 Å². The first-order valence-corrected chi connectivity index (χ1v) is 10.8. The van der Waals surface area contributed by atoms with E-state index >= 15 is 0 Å². The molecule has 0 saturated carbocycles. The summed E-state index contributed by atoms with van der Waals surface area (Å²) in [5.74, 6) is 0.242. The zero-order chi connectivity index (χ0) is 21.8. The van der Waals surface area contributed by atoms with E-state index in [1.807, 2.05) is 37.3 Å². The van der Waals surface area contributed by atoms with Crippen LogP contribution in [-0.4, -0.2) is 10.9 Å². The number of nitrogens with zero attached hydrogens (tertiary/aromatic N) is 1. The highest BCUT2D eigenvalue weighted by atomic mass is 32.1. The fourth-order valence-corrected chi connectivity index (χ4v) is 4.35. The Labute approximate surface area is 184 Å². The molecule has 4 rings (SSSR count). The van der Waals surface area contributed by atoms with Crippen LogP contribution in [0.15, 0.2) is 71.3 Å². The molecular weight excluding hydrogens is 413 g/mol. The number of carbonyl (C=O) groups is 1. The van der Waals surface area contributed by atoms with Crippen LogP contribution in [-0.2, 0) is 6.42 Å². The highest BCUT2D eigenvalue weighted by Gasteiger charge is 2.23. The third kappa shape index (κ3) is 4.83. The number of hydrogen-bond acceptors (Lipinski definition) is 5. The Bertz CT molecular complexity index is 1190. The highest BCUT2D eigenvalue weighted by molar-refractivity contribution is 7.16. The normalized spacial score (nSPS) is 11.8. The van der Waals surface area contributed by atoms with Gasteiger partial charge in [0.1, 0.15) is 16.6 Å². The van der Waals surface area contributed by atoms with Gasteiger partial charge in [0.25, 0.3) is 5.91 Å². The van der Waals surface area contributed by atoms with Crippen LogP contribution in [0.4, 0.5) is 15.2 Å². The van der Waals surface area contributed by atoms with Crippen LogP contribution in [0, 0.1) is 12.7 Å². The van der Waals surface area contributed by atoms with Gasteiger partial charge in [0.05, 0.1) is 12.3 Å². The van der Waals surface area contributed by atoms with Crippen molar-refractivity contribution in [3.63, 3.8) is 0 Å². The molecule has 1 atom stereocenters. The van der Waals surface area contributed by atoms with Gasteiger partial charge in [-0.1, -0.05) is 25.1 Å². The monoisotopic (exact) mass is 435 g/mol. The first-order chi connectivity index (χ1) is 15.0. The Morgan fingerprint density at radius 3 is 2.71 bits per heavy atom. The van der Waals surface area contributed by atoms with Crippen molar-refractivity contribution in [3.05, 3.63) is 100 Å². The van der Waals surface area contributed by atoms with E-state index in [2.05, 4.69) is 22.5 Å². The molecule has 1 amide bonds. The molecule has 31 heavy (non-hydrogen) atoms. The standard InChI is InChI=1S/C24H22FN3O2S/c1-3-18-14-19(24(31-18)28-23(29)20-10-6-12-30-20)22(16-8-5-9-17(25)13-16)27-21-11-4-7-15(2)26-21/h4-14,22H,3H2,1-2H3,(H,26,27)(H,28,29)/t22-/m1/s1. The minimum atomic E-state index is -0.409. The highest BCUT2D eigenvalue weighted by Crippen LogP contribution is 2.38. The van der Waals surface area contributed by atoms with Crippen molar-refractivity contribution in [1.82, 2.24) is 4.98 Å². The third-order valence-corrected chi connectivity index (χ3v) is 6.02. The van der Waals surface area contributed by atoms with Gasteiger partial charge in [-0.05, 0) is 61.4 Å². The Hall–Kier alpha value is -3.45. The fourth-order valence-electron chi connectivity index (χ4n) is 3.32. The first-order valence-electron chi connectivity index (χ1n) is 9.96. The minimum Gasteiger partial charge on any atom is -0.459 e. The summed E-state index contributed by atoms with van der Waals surface area (Å²) in [4.78, 5) is 18.3. The predicted octanol–water partition coefficient (Wildman–Crippen LogP) is 6.20. The van der Waals surface area contributed by atoms with Crippen LogP contribution >= 0.6 is 11.3 Å². The molecule has 158 valence electrons. The van der Waals surface area contributed by atoms with Crippen molar-refractivity contribution in [3.8, 4) is 0 Å². The lowest BCUT2D eigenvalue weighted by Gasteiger charge is -2.21. The predicted molar refractivity (Wildman–Crippen MR) is 121 cm³/mol. The number of hydrogen-bond donors (Lipinski definition) is 2. The number of carbonyl (C=O) groups excluding carboxylic acids is 1. The molecule has 5 nitrogen and oxygen atoms in total. The molecule has 0 aliphatic rings. The number of anilines is 2. The Balaban J connectivity index is 1.76. The number of halogens is 1. The Morgan fingerprint density at radius 2 is 2.00 bits per heavy atom. The zero-order valence-corrected chi connectivity index (χ0v) is 18.0. The van der Waals surface area contributed by atoms with Crippen molar-refractivity contribution in [2.45, 2.75) is 26.3 Å². The van der Waals surface area contributed by atoms with Gasteiger partial charge in [0, 0.05) is 16.1 Å². The number of rotatable bonds is 7. The number of thiophene rings is 1. The van der Waals surface area contributed by atoms with Gasteiger partial charge in [-0.2, -0.15) is 0 Å². The van der Waals surface area contributed by atoms with Crippen molar-refractivity contribution >= 4 is 28.1 Å². The summed E-state index contributed by atoms with van der Waals surface area (Å²) < 4.78 is 19.3. The molecule has 0 unspecified atom stereocenters. The van der Waals surface area contributed by atoms with E-state index in [1.54, 1.807) is 18.2 Å².